The van der Waals surface area contributed by atoms with Gasteiger partial charge in [-0.2, -0.15) is 0 Å². The van der Waals surface area contributed by atoms with Crippen LogP contribution in [0.4, 0.5) is 0 Å². The second kappa shape index (κ2) is 9.32. The van der Waals surface area contributed by atoms with Gasteiger partial charge in [-0.25, -0.2) is 4.79 Å². The van der Waals surface area contributed by atoms with Crippen LogP contribution in [0.2, 0.25) is 0 Å². The molecule has 19 heavy (non-hydrogen) atoms. The van der Waals surface area contributed by atoms with Crippen molar-refractivity contribution >= 4 is 17.8 Å². The molecule has 110 valence electrons. The highest BCUT2D eigenvalue weighted by atomic mass is 16.5. The quantitative estimate of drug-likeness (QED) is 0.588. The standard InChI is InChI=1S/C12H21NO6/c1-8(18-2)4-6-10(14)13-9(12(16)17)5-7-11(15)19-3/h8-9H,4-7H2,1-3H3,(H,13,14)(H,16,17). The SMILES string of the molecule is COC(=O)CCC(NC(=O)CCC(C)OC)C(=O)O. The molecule has 0 rings (SSSR count). The van der Waals surface area contributed by atoms with E-state index < -0.39 is 18.0 Å². The van der Waals surface area contributed by atoms with Gasteiger partial charge < -0.3 is 19.9 Å². The number of carbonyl (C=O) groups excluding carboxylic acids is 2. The summed E-state index contributed by atoms with van der Waals surface area (Å²) in [6, 6.07) is -1.08. The summed E-state index contributed by atoms with van der Waals surface area (Å²) in [5, 5.41) is 11.3. The first-order valence-corrected chi connectivity index (χ1v) is 6.02. The van der Waals surface area contributed by atoms with E-state index in [-0.39, 0.29) is 31.3 Å². The molecule has 2 N–H and O–H groups in total. The van der Waals surface area contributed by atoms with Crippen molar-refractivity contribution in [2.75, 3.05) is 14.2 Å². The third kappa shape index (κ3) is 8.15. The van der Waals surface area contributed by atoms with Crippen molar-refractivity contribution in [3.8, 4) is 0 Å². The number of carbonyl (C=O) groups is 3. The van der Waals surface area contributed by atoms with Gasteiger partial charge in [0.2, 0.25) is 5.91 Å². The lowest BCUT2D eigenvalue weighted by Gasteiger charge is -2.15. The summed E-state index contributed by atoms with van der Waals surface area (Å²) in [7, 11) is 2.77. The molecule has 7 heteroatoms. The minimum Gasteiger partial charge on any atom is -0.480 e. The van der Waals surface area contributed by atoms with Crippen LogP contribution in [0, 0.1) is 0 Å². The molecular weight excluding hydrogens is 254 g/mol. The minimum absolute atomic E-state index is 0.00752. The Hall–Kier alpha value is -1.63. The number of carboxylic acid groups (broad SMARTS) is 1. The molecule has 7 nitrogen and oxygen atoms in total. The molecule has 0 aliphatic rings. The highest BCUT2D eigenvalue weighted by molar-refractivity contribution is 5.84. The average molecular weight is 275 g/mol. The Balaban J connectivity index is 4.15. The maximum atomic E-state index is 11.5. The zero-order chi connectivity index (χ0) is 14.8. The maximum absolute atomic E-state index is 11.5. The summed E-state index contributed by atoms with van der Waals surface area (Å²) < 4.78 is 9.41. The van der Waals surface area contributed by atoms with Gasteiger partial charge in [-0.3, -0.25) is 9.59 Å². The topological polar surface area (TPSA) is 102 Å². The number of hydrogen-bond donors (Lipinski definition) is 2. The van der Waals surface area contributed by atoms with Crippen LogP contribution in [-0.4, -0.2) is 49.3 Å². The van der Waals surface area contributed by atoms with Crippen LogP contribution in [0.15, 0.2) is 0 Å². The van der Waals surface area contributed by atoms with E-state index in [0.29, 0.717) is 6.42 Å². The third-order valence-corrected chi connectivity index (χ3v) is 2.68. The van der Waals surface area contributed by atoms with Crippen LogP contribution >= 0.6 is 0 Å². The van der Waals surface area contributed by atoms with E-state index in [4.69, 9.17) is 9.84 Å². The summed E-state index contributed by atoms with van der Waals surface area (Å²) in [4.78, 5) is 33.4. The molecule has 0 aliphatic heterocycles. The zero-order valence-electron chi connectivity index (χ0n) is 11.5. The summed E-state index contributed by atoms with van der Waals surface area (Å²) >= 11 is 0. The second-order valence-corrected chi connectivity index (χ2v) is 4.16. The Labute approximate surface area is 112 Å². The molecule has 0 saturated heterocycles. The largest absolute Gasteiger partial charge is 0.480 e. The minimum atomic E-state index is -1.17. The Kier molecular flexibility index (Phi) is 8.52. The summed E-state index contributed by atoms with van der Waals surface area (Å²) in [6.07, 6.45) is 0.572. The number of aliphatic carboxylic acids is 1. The van der Waals surface area contributed by atoms with Gasteiger partial charge in [0.1, 0.15) is 6.04 Å². The first kappa shape index (κ1) is 17.4. The molecule has 2 unspecified atom stereocenters. The predicted molar refractivity (Wildman–Crippen MR) is 66.5 cm³/mol. The molecular formula is C12H21NO6. The normalized spacial score (nSPS) is 13.4. The van der Waals surface area contributed by atoms with Crippen molar-refractivity contribution in [1.29, 1.82) is 0 Å². The maximum Gasteiger partial charge on any atom is 0.326 e. The van der Waals surface area contributed by atoms with Crippen molar-refractivity contribution < 1.29 is 29.0 Å². The molecule has 0 saturated carbocycles. The molecule has 0 aliphatic carbocycles. The molecule has 1 amide bonds. The van der Waals surface area contributed by atoms with Crippen LogP contribution in [0.25, 0.3) is 0 Å². The van der Waals surface area contributed by atoms with Gasteiger partial charge in [-0.15, -0.1) is 0 Å². The first-order valence-electron chi connectivity index (χ1n) is 6.02. The van der Waals surface area contributed by atoms with Gasteiger partial charge in [0.15, 0.2) is 0 Å². The van der Waals surface area contributed by atoms with E-state index in [9.17, 15) is 14.4 Å². The number of rotatable bonds is 9. The average Bonchev–Trinajstić information content (AvgIpc) is 2.39. The number of esters is 1. The van der Waals surface area contributed by atoms with Crippen molar-refractivity contribution in [1.82, 2.24) is 5.32 Å². The van der Waals surface area contributed by atoms with E-state index in [1.165, 1.54) is 7.11 Å². The van der Waals surface area contributed by atoms with E-state index >= 15 is 0 Å². The van der Waals surface area contributed by atoms with Gasteiger partial charge in [-0.05, 0) is 19.8 Å². The smallest absolute Gasteiger partial charge is 0.326 e. The van der Waals surface area contributed by atoms with Crippen LogP contribution in [0.5, 0.6) is 0 Å². The number of carboxylic acids is 1. The van der Waals surface area contributed by atoms with Crippen LogP contribution < -0.4 is 5.32 Å². The van der Waals surface area contributed by atoms with Gasteiger partial charge in [-0.1, -0.05) is 0 Å². The molecule has 0 aromatic heterocycles. The van der Waals surface area contributed by atoms with Crippen molar-refractivity contribution in [3.05, 3.63) is 0 Å². The molecule has 0 aromatic rings. The van der Waals surface area contributed by atoms with Gasteiger partial charge in [0.25, 0.3) is 0 Å². The monoisotopic (exact) mass is 275 g/mol. The molecule has 2 atom stereocenters. The van der Waals surface area contributed by atoms with E-state index in [2.05, 4.69) is 10.1 Å². The lowest BCUT2D eigenvalue weighted by molar-refractivity contribution is -0.144. The van der Waals surface area contributed by atoms with Crippen molar-refractivity contribution in [2.45, 2.75) is 44.8 Å². The molecule has 0 fully saturated rings. The van der Waals surface area contributed by atoms with Crippen LogP contribution in [-0.2, 0) is 23.9 Å². The fraction of sp³-hybridized carbons (Fsp3) is 0.750. The Morgan fingerprint density at radius 3 is 2.26 bits per heavy atom. The summed E-state index contributed by atoms with van der Waals surface area (Å²) in [5.74, 6) is -2.05. The Morgan fingerprint density at radius 2 is 1.79 bits per heavy atom. The lowest BCUT2D eigenvalue weighted by atomic mass is 10.1. The van der Waals surface area contributed by atoms with E-state index in [0.717, 1.165) is 0 Å². The molecule has 0 radical (unpaired) electrons. The fourth-order valence-corrected chi connectivity index (χ4v) is 1.34. The zero-order valence-corrected chi connectivity index (χ0v) is 11.5. The summed E-state index contributed by atoms with van der Waals surface area (Å²) in [5.41, 5.74) is 0. The first-order chi connectivity index (χ1) is 8.90. The fourth-order valence-electron chi connectivity index (χ4n) is 1.34. The van der Waals surface area contributed by atoms with Crippen LogP contribution in [0.1, 0.15) is 32.6 Å². The highest BCUT2D eigenvalue weighted by Crippen LogP contribution is 2.03. The number of nitrogens with one attached hydrogen (secondary N) is 1. The van der Waals surface area contributed by atoms with Crippen molar-refractivity contribution in [3.63, 3.8) is 0 Å². The Bertz CT molecular complexity index is 317. The van der Waals surface area contributed by atoms with Crippen LogP contribution in [0.3, 0.4) is 0 Å². The molecule has 0 heterocycles. The van der Waals surface area contributed by atoms with E-state index in [1.807, 2.05) is 6.92 Å². The Morgan fingerprint density at radius 1 is 1.16 bits per heavy atom. The van der Waals surface area contributed by atoms with Crippen molar-refractivity contribution in [2.24, 2.45) is 0 Å². The van der Waals surface area contributed by atoms with Gasteiger partial charge in [0, 0.05) is 20.0 Å². The van der Waals surface area contributed by atoms with E-state index in [1.54, 1.807) is 7.11 Å². The summed E-state index contributed by atoms with van der Waals surface area (Å²) in [6.45, 7) is 1.82. The number of hydrogen-bond acceptors (Lipinski definition) is 5. The molecule has 0 spiro atoms. The lowest BCUT2D eigenvalue weighted by Crippen LogP contribution is -2.41. The molecule has 0 aromatic carbocycles. The van der Waals surface area contributed by atoms with Gasteiger partial charge in [0.05, 0.1) is 13.2 Å². The van der Waals surface area contributed by atoms with Gasteiger partial charge >= 0.3 is 11.9 Å². The third-order valence-electron chi connectivity index (χ3n) is 2.68. The molecule has 0 bridgehead atoms. The highest BCUT2D eigenvalue weighted by Gasteiger charge is 2.21. The second-order valence-electron chi connectivity index (χ2n) is 4.16. The number of methoxy groups -OCH3 is 2. The number of ether oxygens (including phenoxy) is 2. The predicted octanol–water partition coefficient (Wildman–Crippen LogP) is 0.324. The number of amides is 1.